The third kappa shape index (κ3) is 4.00. The highest BCUT2D eigenvalue weighted by Gasteiger charge is 2.20. The molecule has 3 heterocycles. The fourth-order valence-corrected chi connectivity index (χ4v) is 5.53. The summed E-state index contributed by atoms with van der Waals surface area (Å²) in [6, 6.07) is 9.84. The van der Waals surface area contributed by atoms with Crippen LogP contribution in [-0.4, -0.2) is 31.5 Å². The summed E-state index contributed by atoms with van der Waals surface area (Å²) in [5, 5.41) is 9.36. The summed E-state index contributed by atoms with van der Waals surface area (Å²) in [4.78, 5) is 32.0. The predicted molar refractivity (Wildman–Crippen MR) is 129 cm³/mol. The molecule has 8 nitrogen and oxygen atoms in total. The molecule has 0 spiro atoms. The van der Waals surface area contributed by atoms with E-state index in [-0.39, 0.29) is 18.0 Å². The molecule has 1 amide bonds. The number of fused-ring (bicyclic) bond motifs is 3. The summed E-state index contributed by atoms with van der Waals surface area (Å²) in [7, 11) is 0. The van der Waals surface area contributed by atoms with Crippen molar-refractivity contribution in [2.75, 3.05) is 0 Å². The van der Waals surface area contributed by atoms with Crippen LogP contribution in [-0.2, 0) is 24.2 Å². The van der Waals surface area contributed by atoms with E-state index in [0.29, 0.717) is 5.39 Å². The van der Waals surface area contributed by atoms with Crippen LogP contribution in [0.5, 0.6) is 0 Å². The van der Waals surface area contributed by atoms with Gasteiger partial charge in [-0.1, -0.05) is 18.2 Å². The monoisotopic (exact) mass is 460 g/mol. The number of nitrogens with zero attached hydrogens (tertiary/aromatic N) is 5. The Hall–Kier alpha value is -3.59. The largest absolute Gasteiger partial charge is 0.289 e. The van der Waals surface area contributed by atoms with Crippen molar-refractivity contribution in [1.29, 1.82) is 0 Å². The molecule has 0 bridgehead atoms. The maximum absolute atomic E-state index is 13.0. The molecule has 9 heteroatoms. The second kappa shape index (κ2) is 8.74. The number of hydrazone groups is 1. The Bertz CT molecular complexity index is 1430. The molecular formula is C24H24N6O2S. The Morgan fingerprint density at radius 3 is 2.82 bits per heavy atom. The van der Waals surface area contributed by atoms with Crippen molar-refractivity contribution in [2.24, 2.45) is 5.10 Å². The lowest BCUT2D eigenvalue weighted by Gasteiger charge is -2.10. The molecule has 168 valence electrons. The number of thiophene rings is 1. The Kier molecular flexibility index (Phi) is 5.63. The Morgan fingerprint density at radius 2 is 2.00 bits per heavy atom. The van der Waals surface area contributed by atoms with Crippen LogP contribution in [0.4, 0.5) is 0 Å². The van der Waals surface area contributed by atoms with Crippen LogP contribution in [0.2, 0.25) is 0 Å². The molecule has 33 heavy (non-hydrogen) atoms. The molecule has 1 aliphatic rings. The van der Waals surface area contributed by atoms with Gasteiger partial charge in [-0.05, 0) is 57.2 Å². The fraction of sp³-hybridized carbons (Fsp3) is 0.292. The smallest absolute Gasteiger partial charge is 0.262 e. The zero-order valence-electron chi connectivity index (χ0n) is 18.5. The highest BCUT2D eigenvalue weighted by atomic mass is 32.1. The van der Waals surface area contributed by atoms with Gasteiger partial charge in [-0.15, -0.1) is 11.3 Å². The molecule has 1 aromatic carbocycles. The van der Waals surface area contributed by atoms with E-state index < -0.39 is 0 Å². The second-order valence-electron chi connectivity index (χ2n) is 8.19. The molecule has 5 rings (SSSR count). The molecule has 0 atom stereocenters. The van der Waals surface area contributed by atoms with Crippen LogP contribution in [0, 0.1) is 13.8 Å². The molecule has 0 aliphatic heterocycles. The van der Waals surface area contributed by atoms with Crippen LogP contribution in [0.25, 0.3) is 15.9 Å². The summed E-state index contributed by atoms with van der Waals surface area (Å²) in [6.07, 6.45) is 7.19. The predicted octanol–water partition coefficient (Wildman–Crippen LogP) is 3.29. The van der Waals surface area contributed by atoms with Gasteiger partial charge in [0.25, 0.3) is 11.5 Å². The first-order valence-corrected chi connectivity index (χ1v) is 11.8. The van der Waals surface area contributed by atoms with Crippen molar-refractivity contribution in [3.8, 4) is 5.69 Å². The minimum Gasteiger partial charge on any atom is -0.289 e. The number of nitrogens with one attached hydrogen (secondary N) is 1. The van der Waals surface area contributed by atoms with Gasteiger partial charge < -0.3 is 0 Å². The van der Waals surface area contributed by atoms with Crippen LogP contribution >= 0.6 is 11.3 Å². The summed E-state index contributed by atoms with van der Waals surface area (Å²) in [5.74, 6) is -0.385. The standard InChI is InChI=1S/C24H24N6O2S/c1-15-19(16(2)30(28-15)17-8-4-3-5-9-17)12-26-27-21(31)13-29-14-25-23-22(24(29)32)18-10-6-7-11-20(18)33-23/h3-5,8-9,12,14H,6-7,10-11,13H2,1-2H3,(H,27,31). The lowest BCUT2D eigenvalue weighted by molar-refractivity contribution is -0.121. The van der Waals surface area contributed by atoms with Crippen molar-refractivity contribution in [2.45, 2.75) is 46.1 Å². The lowest BCUT2D eigenvalue weighted by Crippen LogP contribution is -2.30. The summed E-state index contributed by atoms with van der Waals surface area (Å²) < 4.78 is 3.21. The van der Waals surface area contributed by atoms with Gasteiger partial charge in [0.15, 0.2) is 0 Å². The zero-order valence-corrected chi connectivity index (χ0v) is 19.4. The first-order chi connectivity index (χ1) is 16.0. The number of aryl methyl sites for hydroxylation is 3. The number of para-hydroxylation sites is 1. The maximum Gasteiger partial charge on any atom is 0.262 e. The SMILES string of the molecule is Cc1nn(-c2ccccc2)c(C)c1C=NNC(=O)Cn1cnc2sc3c(c2c1=O)CCCC3. The van der Waals surface area contributed by atoms with E-state index in [4.69, 9.17) is 0 Å². The normalized spacial score (nSPS) is 13.5. The molecule has 3 aromatic heterocycles. The number of rotatable bonds is 5. The van der Waals surface area contributed by atoms with Gasteiger partial charge >= 0.3 is 0 Å². The minimum atomic E-state index is -0.385. The minimum absolute atomic E-state index is 0.134. The molecule has 0 unspecified atom stereocenters. The van der Waals surface area contributed by atoms with Crippen molar-refractivity contribution in [3.63, 3.8) is 0 Å². The van der Waals surface area contributed by atoms with Crippen LogP contribution in [0.3, 0.4) is 0 Å². The van der Waals surface area contributed by atoms with E-state index in [0.717, 1.165) is 58.7 Å². The van der Waals surface area contributed by atoms with Gasteiger partial charge in [0.05, 0.1) is 35.0 Å². The Labute approximate surface area is 194 Å². The van der Waals surface area contributed by atoms with Crippen LogP contribution in [0.1, 0.15) is 40.2 Å². The molecule has 1 aliphatic carbocycles. The topological polar surface area (TPSA) is 94.2 Å². The average molecular weight is 461 g/mol. The molecule has 4 aromatic rings. The summed E-state index contributed by atoms with van der Waals surface area (Å²) in [5.41, 5.74) is 7.01. The van der Waals surface area contributed by atoms with Gasteiger partial charge in [-0.3, -0.25) is 14.2 Å². The van der Waals surface area contributed by atoms with E-state index in [1.54, 1.807) is 17.6 Å². The summed E-state index contributed by atoms with van der Waals surface area (Å²) in [6.45, 7) is 3.72. The number of carbonyl (C=O) groups excluding carboxylic acids is 1. The number of aromatic nitrogens is 4. The fourth-order valence-electron chi connectivity index (χ4n) is 4.31. The van der Waals surface area contributed by atoms with Gasteiger partial charge in [-0.25, -0.2) is 15.1 Å². The van der Waals surface area contributed by atoms with E-state index in [1.807, 2.05) is 48.9 Å². The van der Waals surface area contributed by atoms with Gasteiger partial charge in [0.1, 0.15) is 11.4 Å². The van der Waals surface area contributed by atoms with Crippen LogP contribution in [0.15, 0.2) is 46.6 Å². The maximum atomic E-state index is 13.0. The summed E-state index contributed by atoms with van der Waals surface area (Å²) >= 11 is 1.60. The van der Waals surface area contributed by atoms with E-state index >= 15 is 0 Å². The highest BCUT2D eigenvalue weighted by molar-refractivity contribution is 7.18. The van der Waals surface area contributed by atoms with Gasteiger partial charge in [-0.2, -0.15) is 10.2 Å². The molecule has 0 saturated heterocycles. The third-order valence-corrected chi connectivity index (χ3v) is 7.19. The second-order valence-corrected chi connectivity index (χ2v) is 9.28. The van der Waals surface area contributed by atoms with Gasteiger partial charge in [0.2, 0.25) is 0 Å². The number of benzene rings is 1. The van der Waals surface area contributed by atoms with E-state index in [9.17, 15) is 9.59 Å². The number of amides is 1. The van der Waals surface area contributed by atoms with Crippen LogP contribution < -0.4 is 11.0 Å². The molecular weight excluding hydrogens is 436 g/mol. The molecule has 0 radical (unpaired) electrons. The number of carbonyl (C=O) groups is 1. The third-order valence-electron chi connectivity index (χ3n) is 5.99. The number of hydrogen-bond donors (Lipinski definition) is 1. The van der Waals surface area contributed by atoms with Crippen molar-refractivity contribution in [1.82, 2.24) is 24.8 Å². The number of hydrogen-bond acceptors (Lipinski definition) is 6. The Balaban J connectivity index is 1.32. The lowest BCUT2D eigenvalue weighted by atomic mass is 9.97. The van der Waals surface area contributed by atoms with Crippen molar-refractivity contribution < 1.29 is 4.79 Å². The zero-order chi connectivity index (χ0) is 22.9. The molecule has 1 N–H and O–H groups in total. The first kappa shape index (κ1) is 21.3. The van der Waals surface area contributed by atoms with E-state index in [2.05, 4.69) is 20.6 Å². The quantitative estimate of drug-likeness (QED) is 0.365. The average Bonchev–Trinajstić information content (AvgIpc) is 3.34. The molecule has 0 fully saturated rings. The van der Waals surface area contributed by atoms with Gasteiger partial charge in [0, 0.05) is 10.4 Å². The Morgan fingerprint density at radius 1 is 1.21 bits per heavy atom. The first-order valence-electron chi connectivity index (χ1n) is 11.0. The highest BCUT2D eigenvalue weighted by Crippen LogP contribution is 2.33. The van der Waals surface area contributed by atoms with Crippen molar-refractivity contribution in [3.05, 3.63) is 74.4 Å². The molecule has 0 saturated carbocycles. The van der Waals surface area contributed by atoms with Crippen molar-refractivity contribution >= 4 is 33.7 Å². The van der Waals surface area contributed by atoms with E-state index in [1.165, 1.54) is 15.8 Å².